The number of rotatable bonds is 3. The molecule has 7 heteroatoms. The normalized spacial score (nSPS) is 11.1. The van der Waals surface area contributed by atoms with Gasteiger partial charge in [-0.1, -0.05) is 0 Å². The molecule has 15 heavy (non-hydrogen) atoms. The van der Waals surface area contributed by atoms with Crippen molar-refractivity contribution in [2.24, 2.45) is 0 Å². The highest BCUT2D eigenvalue weighted by molar-refractivity contribution is 6.58. The fourth-order valence-corrected chi connectivity index (χ4v) is 0.937. The maximum Gasteiger partial charge on any atom is 0.155 e. The van der Waals surface area contributed by atoms with Crippen LogP contribution >= 0.6 is 0 Å². The maximum absolute atomic E-state index is 13.0. The molecule has 70 valence electrons. The van der Waals surface area contributed by atoms with Gasteiger partial charge in [0, 0.05) is 12.1 Å². The van der Waals surface area contributed by atoms with Crippen molar-refractivity contribution in [3.8, 4) is 5.75 Å². The standard InChI is InChI=1S/C8H3B3F2O2/c9-8(10,11)15-4-1-6(12)5(3-14)7(13)2-4/h1-3H. The van der Waals surface area contributed by atoms with Gasteiger partial charge in [-0.25, -0.2) is 8.78 Å². The summed E-state index contributed by atoms with van der Waals surface area (Å²) in [6.07, 6.45) is 0.0506. The molecule has 0 saturated heterocycles. The summed E-state index contributed by atoms with van der Waals surface area (Å²) < 4.78 is 30.6. The fraction of sp³-hybridized carbons (Fsp3) is 0.125. The highest BCUT2D eigenvalue weighted by Crippen LogP contribution is 2.20. The number of ether oxygens (including phenoxy) is 1. The zero-order chi connectivity index (χ0) is 11.6. The van der Waals surface area contributed by atoms with Crippen LogP contribution in [0.1, 0.15) is 10.4 Å². The molecule has 0 aromatic heterocycles. The van der Waals surface area contributed by atoms with Crippen molar-refractivity contribution in [3.05, 3.63) is 29.3 Å². The molecule has 0 N–H and O–H groups in total. The number of halogens is 2. The van der Waals surface area contributed by atoms with Crippen LogP contribution in [-0.4, -0.2) is 35.1 Å². The molecule has 6 radical (unpaired) electrons. The SMILES string of the molecule is [B]C([B])([B])Oc1cc(F)c(C=O)c(F)c1. The second kappa shape index (κ2) is 4.09. The van der Waals surface area contributed by atoms with Crippen molar-refractivity contribution in [1.82, 2.24) is 0 Å². The minimum absolute atomic E-state index is 0.0506. The smallest absolute Gasteiger partial charge is 0.155 e. The molecule has 0 aliphatic carbocycles. The van der Waals surface area contributed by atoms with Gasteiger partial charge in [0.15, 0.2) is 6.29 Å². The molecule has 0 aliphatic heterocycles. The van der Waals surface area contributed by atoms with Gasteiger partial charge in [-0.15, -0.1) is 0 Å². The van der Waals surface area contributed by atoms with Gasteiger partial charge in [-0.05, 0) is 5.30 Å². The summed E-state index contributed by atoms with van der Waals surface area (Å²) in [6.45, 7) is 0. The highest BCUT2D eigenvalue weighted by atomic mass is 19.1. The number of carbonyl (C=O) groups is 1. The Morgan fingerprint density at radius 3 is 2.00 bits per heavy atom. The van der Waals surface area contributed by atoms with Crippen molar-refractivity contribution in [1.29, 1.82) is 0 Å². The molecule has 1 aromatic carbocycles. The van der Waals surface area contributed by atoms with Gasteiger partial charge in [0.05, 0.1) is 5.56 Å². The Bertz CT molecular complexity index is 367. The first-order valence-electron chi connectivity index (χ1n) is 3.83. The summed E-state index contributed by atoms with van der Waals surface area (Å²) in [5.41, 5.74) is -0.695. The molecular formula is C8H3B3F2O2. The minimum Gasteiger partial charge on any atom is -0.516 e. The summed E-state index contributed by atoms with van der Waals surface area (Å²) in [4.78, 5) is 10.2. The van der Waals surface area contributed by atoms with Crippen LogP contribution in [0.2, 0.25) is 0 Å². The Hall–Kier alpha value is -1.26. The lowest BCUT2D eigenvalue weighted by Crippen LogP contribution is -2.37. The largest absolute Gasteiger partial charge is 0.516 e. The van der Waals surface area contributed by atoms with E-state index in [1.54, 1.807) is 0 Å². The average molecular weight is 202 g/mol. The Morgan fingerprint density at radius 2 is 1.67 bits per heavy atom. The molecule has 1 rings (SSSR count). The van der Waals surface area contributed by atoms with Crippen LogP contribution in [-0.2, 0) is 0 Å². The molecule has 1 aromatic rings. The Kier molecular flexibility index (Phi) is 3.22. The van der Waals surface area contributed by atoms with Gasteiger partial charge in [0.2, 0.25) is 0 Å². The van der Waals surface area contributed by atoms with Crippen LogP contribution < -0.4 is 4.74 Å². The van der Waals surface area contributed by atoms with Crippen LogP contribution in [0.4, 0.5) is 8.78 Å². The second-order valence-corrected chi connectivity index (χ2v) is 2.87. The number of hydrogen-bond donors (Lipinski definition) is 0. The summed E-state index contributed by atoms with van der Waals surface area (Å²) in [6, 6.07) is 1.52. The molecule has 2 nitrogen and oxygen atoms in total. The molecule has 0 bridgehead atoms. The predicted molar refractivity (Wildman–Crippen MR) is 52.4 cm³/mol. The fourth-order valence-electron chi connectivity index (χ4n) is 0.937. The third-order valence-corrected chi connectivity index (χ3v) is 1.47. The maximum atomic E-state index is 13.0. The van der Waals surface area contributed by atoms with Crippen molar-refractivity contribution in [2.45, 2.75) is 5.30 Å². The zero-order valence-electron chi connectivity index (χ0n) is 7.54. The molecular weight excluding hydrogens is 199 g/mol. The molecule has 0 aliphatic rings. The van der Waals surface area contributed by atoms with E-state index in [-0.39, 0.29) is 12.0 Å². The number of aldehydes is 1. The molecule has 0 fully saturated rings. The van der Waals surface area contributed by atoms with Gasteiger partial charge in [0.25, 0.3) is 0 Å². The summed E-state index contributed by atoms with van der Waals surface area (Å²) in [5.74, 6) is -2.46. The number of hydrogen-bond acceptors (Lipinski definition) is 2. The van der Waals surface area contributed by atoms with Crippen LogP contribution in [0.15, 0.2) is 12.1 Å². The third-order valence-electron chi connectivity index (χ3n) is 1.47. The van der Waals surface area contributed by atoms with E-state index in [1.807, 2.05) is 0 Å². The number of carbonyl (C=O) groups excluding carboxylic acids is 1. The molecule has 0 unspecified atom stereocenters. The average Bonchev–Trinajstić information content (AvgIpc) is 1.99. The van der Waals surface area contributed by atoms with E-state index in [2.05, 4.69) is 4.74 Å². The first-order valence-corrected chi connectivity index (χ1v) is 3.83. The van der Waals surface area contributed by atoms with E-state index >= 15 is 0 Å². The molecule has 0 saturated carbocycles. The summed E-state index contributed by atoms with van der Waals surface area (Å²) >= 11 is 0. The third kappa shape index (κ3) is 3.11. The van der Waals surface area contributed by atoms with E-state index in [0.717, 1.165) is 12.1 Å². The number of benzene rings is 1. The zero-order valence-corrected chi connectivity index (χ0v) is 7.54. The van der Waals surface area contributed by atoms with Crippen molar-refractivity contribution in [2.75, 3.05) is 0 Å². The first-order chi connectivity index (χ1) is 6.83. The molecule has 0 amide bonds. The molecule has 0 spiro atoms. The lowest BCUT2D eigenvalue weighted by atomic mass is 9.52. The lowest BCUT2D eigenvalue weighted by molar-refractivity contribution is 0.111. The van der Waals surface area contributed by atoms with E-state index in [0.29, 0.717) is 0 Å². The van der Waals surface area contributed by atoms with Crippen molar-refractivity contribution in [3.63, 3.8) is 0 Å². The van der Waals surface area contributed by atoms with Gasteiger partial charge < -0.3 is 4.74 Å². The Labute approximate surface area is 89.2 Å². The lowest BCUT2D eigenvalue weighted by Gasteiger charge is -2.23. The van der Waals surface area contributed by atoms with Crippen LogP contribution in [0.5, 0.6) is 5.75 Å². The first kappa shape index (κ1) is 11.8. The molecule has 0 atom stereocenters. The Morgan fingerprint density at radius 1 is 1.20 bits per heavy atom. The van der Waals surface area contributed by atoms with E-state index in [9.17, 15) is 13.6 Å². The molecule has 0 heterocycles. The van der Waals surface area contributed by atoms with Gasteiger partial charge in [-0.3, -0.25) is 4.79 Å². The van der Waals surface area contributed by atoms with Gasteiger partial charge in [-0.2, -0.15) is 0 Å². The summed E-state index contributed by atoms with van der Waals surface area (Å²) in [5, 5.41) is -2.04. The topological polar surface area (TPSA) is 26.3 Å². The van der Waals surface area contributed by atoms with E-state index in [1.165, 1.54) is 0 Å². The van der Waals surface area contributed by atoms with E-state index in [4.69, 9.17) is 23.5 Å². The van der Waals surface area contributed by atoms with Crippen LogP contribution in [0, 0.1) is 11.6 Å². The minimum atomic E-state index is -2.04. The van der Waals surface area contributed by atoms with E-state index < -0.39 is 22.5 Å². The van der Waals surface area contributed by atoms with Crippen molar-refractivity contribution < 1.29 is 18.3 Å². The van der Waals surface area contributed by atoms with Gasteiger partial charge in [0.1, 0.15) is 40.9 Å². The monoisotopic (exact) mass is 202 g/mol. The Balaban J connectivity index is 3.09. The highest BCUT2D eigenvalue weighted by Gasteiger charge is 2.15. The van der Waals surface area contributed by atoms with Crippen LogP contribution in [0.25, 0.3) is 0 Å². The quantitative estimate of drug-likeness (QED) is 0.519. The second-order valence-electron chi connectivity index (χ2n) is 2.87. The van der Waals surface area contributed by atoms with Crippen molar-refractivity contribution >= 4 is 29.8 Å². The van der Waals surface area contributed by atoms with Gasteiger partial charge >= 0.3 is 0 Å². The van der Waals surface area contributed by atoms with Crippen LogP contribution in [0.3, 0.4) is 0 Å². The summed E-state index contributed by atoms with van der Waals surface area (Å²) in [7, 11) is 15.2. The predicted octanol–water partition coefficient (Wildman–Crippen LogP) is 0.273.